The molecular weight excluding hydrogens is 864 g/mol. The van der Waals surface area contributed by atoms with E-state index in [2.05, 4.69) is 12.5 Å². The zero-order chi connectivity index (χ0) is 43.1. The largest absolute Gasteiger partial charge is 0.726 e. The molecule has 0 aromatic rings. The van der Waals surface area contributed by atoms with E-state index >= 15 is 0 Å². The van der Waals surface area contributed by atoms with Crippen molar-refractivity contribution in [2.75, 3.05) is 40.6 Å². The maximum atomic E-state index is 11.1. The molecule has 6 heterocycles. The summed E-state index contributed by atoms with van der Waals surface area (Å²) < 4.78 is 167. The first-order valence-corrected chi connectivity index (χ1v) is 21.4. The minimum absolute atomic E-state index is 0.0123. The lowest BCUT2D eigenvalue weighted by Gasteiger charge is -2.45. The van der Waals surface area contributed by atoms with E-state index in [1.807, 2.05) is 0 Å². The van der Waals surface area contributed by atoms with Gasteiger partial charge in [-0.2, -0.15) is 0 Å². The smallest absolute Gasteiger partial charge is 0.218 e. The zero-order valence-electron chi connectivity index (χ0n) is 30.8. The molecule has 0 saturated carbocycles. The van der Waals surface area contributed by atoms with Crippen LogP contribution in [0.2, 0.25) is 0 Å². The van der Waals surface area contributed by atoms with Crippen LogP contribution in [0, 0.1) is 11.8 Å². The summed E-state index contributed by atoms with van der Waals surface area (Å²) in [5, 5.41) is 49.7. The molecule has 20 atom stereocenters. The van der Waals surface area contributed by atoms with Crippen LogP contribution in [0.3, 0.4) is 0 Å². The van der Waals surface area contributed by atoms with Crippen molar-refractivity contribution in [2.24, 2.45) is 11.8 Å². The predicted octanol–water partition coefficient (Wildman–Crippen LogP) is -6.39. The highest BCUT2D eigenvalue weighted by Crippen LogP contribution is 2.39. The SMILES string of the molecule is CO[C@H]1OC2CO[C@@H](C1OS(=O)(=O)[O-])[C@H]2O[C@@H]1OC(CO)[C@H](O)[C@H](C)C1O.CO[C@H]1OC2CO[C@@H](C1OS(=O)(=O)[O-])[C@H]2O[C@@H]1OC(CO)[C@H](OS(=O)(=O)[O-])[C@H](C)C1O. The van der Waals surface area contributed by atoms with Crippen LogP contribution in [0.25, 0.3) is 0 Å². The number of aliphatic hydroxyl groups excluding tert-OH is 5. The standard InChI is InChI=1S/C14H24O15S2.C14H24O12S/c1-5-8(16)13(25-6(3-15)9(5)28-30(17,18)19)27-10-7-4-24-11(10)12(14(23-2)26-7)29-31(20,21)22;1-5-8(16)6(3-15)23-13(9(5)17)25-10-7-4-22-11(10)12(14(21-2)24-7)26-27(18,19)20/h5-16H,3-4H2,1-2H3,(H,17,18,19)(H,20,21,22);5-17H,3-4H2,1-2H3,(H,18,19,20)/p-3/t5-,6?,7?,8?,9-,10+,11-,12?,13+,14+;5-,6?,7?,8+,9?,10-,11+,12?,13-,14-/m10/s1. The molecule has 0 aliphatic carbocycles. The van der Waals surface area contributed by atoms with Gasteiger partial charge in [0.15, 0.2) is 37.4 Å². The molecule has 0 aromatic carbocycles. The molecular formula is C28H45O27S3-3. The fourth-order valence-electron chi connectivity index (χ4n) is 7.35. The van der Waals surface area contributed by atoms with Crippen LogP contribution in [0.15, 0.2) is 0 Å². The van der Waals surface area contributed by atoms with Crippen molar-refractivity contribution >= 4 is 31.2 Å². The van der Waals surface area contributed by atoms with Crippen molar-refractivity contribution in [3.05, 3.63) is 0 Å². The molecule has 0 radical (unpaired) electrons. The molecule has 340 valence electrons. The molecule has 0 spiro atoms. The second kappa shape index (κ2) is 19.2. The Labute approximate surface area is 332 Å². The van der Waals surface area contributed by atoms with E-state index in [-0.39, 0.29) is 13.2 Å². The van der Waals surface area contributed by atoms with Gasteiger partial charge in [-0.3, -0.25) is 12.5 Å². The quantitative estimate of drug-likeness (QED) is 0.0799. The van der Waals surface area contributed by atoms with Crippen molar-refractivity contribution in [3.8, 4) is 0 Å². The average Bonchev–Trinajstić information content (AvgIpc) is 3.60. The van der Waals surface area contributed by atoms with Crippen molar-refractivity contribution in [1.29, 1.82) is 0 Å². The topological polar surface area (TPSA) is 393 Å². The van der Waals surface area contributed by atoms with Gasteiger partial charge < -0.3 is 86.6 Å². The summed E-state index contributed by atoms with van der Waals surface area (Å²) >= 11 is 0. The van der Waals surface area contributed by atoms with E-state index in [0.717, 1.165) is 0 Å². The zero-order valence-corrected chi connectivity index (χ0v) is 33.3. The predicted molar refractivity (Wildman–Crippen MR) is 172 cm³/mol. The maximum Gasteiger partial charge on any atom is 0.218 e. The number of methoxy groups -OCH3 is 2. The minimum Gasteiger partial charge on any atom is -0.726 e. The Balaban J connectivity index is 0.000000223. The monoisotopic (exact) mass is 909 g/mol. The van der Waals surface area contributed by atoms with Gasteiger partial charge in [0.05, 0.1) is 32.5 Å². The maximum absolute atomic E-state index is 11.1. The number of ether oxygens (including phenoxy) is 10. The molecule has 6 saturated heterocycles. The van der Waals surface area contributed by atoms with E-state index in [0.29, 0.717) is 0 Å². The second-order valence-electron chi connectivity index (χ2n) is 13.9. The summed E-state index contributed by atoms with van der Waals surface area (Å²) in [5.41, 5.74) is 0. The summed E-state index contributed by atoms with van der Waals surface area (Å²) in [5.74, 6) is -1.70. The van der Waals surface area contributed by atoms with Gasteiger partial charge in [-0.25, -0.2) is 25.3 Å². The normalized spacial score (nSPS) is 45.7. The molecule has 6 aliphatic rings. The Morgan fingerprint density at radius 2 is 0.914 bits per heavy atom. The van der Waals surface area contributed by atoms with Crippen LogP contribution in [0.4, 0.5) is 0 Å². The minimum atomic E-state index is -5.17. The summed E-state index contributed by atoms with van der Waals surface area (Å²) in [6.45, 7) is 1.58. The molecule has 0 aromatic heterocycles. The third-order valence-corrected chi connectivity index (χ3v) is 11.6. The van der Waals surface area contributed by atoms with Crippen LogP contribution in [0.5, 0.6) is 0 Å². The Kier molecular flexibility index (Phi) is 15.9. The van der Waals surface area contributed by atoms with Gasteiger partial charge in [0.1, 0.15) is 67.1 Å². The van der Waals surface area contributed by atoms with Gasteiger partial charge in [-0.1, -0.05) is 13.8 Å². The van der Waals surface area contributed by atoms with Crippen molar-refractivity contribution in [3.63, 3.8) is 0 Å². The molecule has 27 nitrogen and oxygen atoms in total. The molecule has 0 amide bonds. The molecule has 6 fully saturated rings. The van der Waals surface area contributed by atoms with Crippen LogP contribution in [0.1, 0.15) is 13.8 Å². The fourth-order valence-corrected chi connectivity index (χ4v) is 8.87. The number of hydrogen-bond acceptors (Lipinski definition) is 27. The summed E-state index contributed by atoms with van der Waals surface area (Å²) in [6, 6.07) is 0. The fraction of sp³-hybridized carbons (Fsp3) is 1.00. The van der Waals surface area contributed by atoms with Crippen LogP contribution in [-0.2, 0) is 91.1 Å². The second-order valence-corrected chi connectivity index (χ2v) is 16.9. The number of aliphatic hydroxyl groups is 5. The molecule has 8 unspecified atom stereocenters. The highest BCUT2D eigenvalue weighted by molar-refractivity contribution is 7.81. The van der Waals surface area contributed by atoms with Gasteiger partial charge in [0.25, 0.3) is 0 Å². The van der Waals surface area contributed by atoms with Gasteiger partial charge >= 0.3 is 0 Å². The molecule has 4 bridgehead atoms. The molecule has 58 heavy (non-hydrogen) atoms. The van der Waals surface area contributed by atoms with E-state index in [4.69, 9.17) is 47.4 Å². The third kappa shape index (κ3) is 11.1. The third-order valence-electron chi connectivity index (χ3n) is 10.2. The molecule has 6 aliphatic heterocycles. The van der Waals surface area contributed by atoms with Gasteiger partial charge in [-0.15, -0.1) is 0 Å². The molecule has 5 N–H and O–H groups in total. The Morgan fingerprint density at radius 1 is 0.534 bits per heavy atom. The Morgan fingerprint density at radius 3 is 1.29 bits per heavy atom. The highest BCUT2D eigenvalue weighted by atomic mass is 32.3. The van der Waals surface area contributed by atoms with Crippen molar-refractivity contribution in [1.82, 2.24) is 0 Å². The Bertz CT molecular complexity index is 1680. The summed E-state index contributed by atoms with van der Waals surface area (Å²) in [7, 11) is -13.0. The van der Waals surface area contributed by atoms with Crippen LogP contribution < -0.4 is 0 Å². The first-order chi connectivity index (χ1) is 27.0. The molecule has 30 heteroatoms. The van der Waals surface area contributed by atoms with Crippen molar-refractivity contribution < 1.29 is 124 Å². The number of rotatable bonds is 14. The first kappa shape index (κ1) is 48.0. The van der Waals surface area contributed by atoms with Crippen LogP contribution in [-0.4, -0.2) is 216 Å². The van der Waals surface area contributed by atoms with E-state index in [1.165, 1.54) is 21.1 Å². The Hall–Kier alpha value is -0.990. The first-order valence-electron chi connectivity index (χ1n) is 17.4. The summed E-state index contributed by atoms with van der Waals surface area (Å²) in [4.78, 5) is 0. The molecule has 6 rings (SSSR count). The van der Waals surface area contributed by atoms with Gasteiger partial charge in [0, 0.05) is 26.1 Å². The summed E-state index contributed by atoms with van der Waals surface area (Å²) in [6.07, 6.45) is -21.5. The van der Waals surface area contributed by atoms with E-state index < -0.39 is 167 Å². The number of fused-ring (bicyclic) bond motifs is 4. The van der Waals surface area contributed by atoms with Crippen LogP contribution >= 0.6 is 0 Å². The van der Waals surface area contributed by atoms with Crippen molar-refractivity contribution in [2.45, 2.75) is 124 Å². The number of hydrogen-bond donors (Lipinski definition) is 5. The average molecular weight is 910 g/mol. The lowest BCUT2D eigenvalue weighted by atomic mass is 9.90. The van der Waals surface area contributed by atoms with E-state index in [1.54, 1.807) is 6.92 Å². The lowest BCUT2D eigenvalue weighted by Crippen LogP contribution is -2.61. The highest BCUT2D eigenvalue weighted by Gasteiger charge is 2.58. The lowest BCUT2D eigenvalue weighted by molar-refractivity contribution is -0.329. The van der Waals surface area contributed by atoms with E-state index in [9.17, 15) is 64.4 Å². The van der Waals surface area contributed by atoms with Gasteiger partial charge in [0.2, 0.25) is 31.2 Å². The van der Waals surface area contributed by atoms with Gasteiger partial charge in [-0.05, 0) is 0 Å².